The molecule has 0 N–H and O–H groups in total. The van der Waals surface area contributed by atoms with Gasteiger partial charge in [0.05, 0.1) is 5.39 Å². The van der Waals surface area contributed by atoms with Crippen molar-refractivity contribution >= 4 is 33.3 Å². The van der Waals surface area contributed by atoms with Gasteiger partial charge in [-0.05, 0) is 38.2 Å². The smallest absolute Gasteiger partial charge is 0.263 e. The second kappa shape index (κ2) is 7.05. The molecule has 2 aromatic heterocycles. The van der Waals surface area contributed by atoms with Gasteiger partial charge in [-0.1, -0.05) is 36.4 Å². The Morgan fingerprint density at radius 1 is 1.39 bits per heavy atom. The van der Waals surface area contributed by atoms with Crippen LogP contribution in [0, 0.1) is 0 Å². The Bertz CT molecular complexity index is 817. The van der Waals surface area contributed by atoms with Gasteiger partial charge in [0.15, 0.2) is 5.16 Å². The molecule has 122 valence electrons. The molecule has 3 rings (SSSR count). The fraction of sp³-hybridized carbons (Fsp3) is 0.444. The second-order valence-corrected chi connectivity index (χ2v) is 8.16. The predicted octanol–water partition coefficient (Wildman–Crippen LogP) is 4.58. The molecule has 0 saturated carbocycles. The number of allylic oxidation sites excluding steroid dienone is 1. The van der Waals surface area contributed by atoms with E-state index in [1.165, 1.54) is 29.7 Å². The molecule has 2 aromatic rings. The molecule has 5 heteroatoms. The van der Waals surface area contributed by atoms with Crippen molar-refractivity contribution < 1.29 is 0 Å². The van der Waals surface area contributed by atoms with E-state index in [-0.39, 0.29) is 5.56 Å². The van der Waals surface area contributed by atoms with Crippen molar-refractivity contribution in [3.05, 3.63) is 45.6 Å². The Hall–Kier alpha value is -1.33. The summed E-state index contributed by atoms with van der Waals surface area (Å²) in [6.45, 7) is 10.2. The van der Waals surface area contributed by atoms with Crippen LogP contribution in [0.1, 0.15) is 36.6 Å². The lowest BCUT2D eigenvalue weighted by molar-refractivity contribution is 0.652. The number of nitrogens with zero attached hydrogens (tertiary/aromatic N) is 2. The monoisotopic (exact) mass is 346 g/mol. The molecule has 3 nitrogen and oxygen atoms in total. The number of rotatable bonds is 5. The van der Waals surface area contributed by atoms with Gasteiger partial charge >= 0.3 is 0 Å². The summed E-state index contributed by atoms with van der Waals surface area (Å²) in [5, 5.41) is 1.64. The summed E-state index contributed by atoms with van der Waals surface area (Å²) >= 11 is 3.28. The third-order valence-corrected chi connectivity index (χ3v) is 6.21. The summed E-state index contributed by atoms with van der Waals surface area (Å²) in [7, 11) is 0. The van der Waals surface area contributed by atoms with Crippen LogP contribution in [0.5, 0.6) is 0 Å². The van der Waals surface area contributed by atoms with Gasteiger partial charge in [-0.15, -0.1) is 17.9 Å². The molecule has 2 heterocycles. The molecule has 0 aliphatic heterocycles. The van der Waals surface area contributed by atoms with Crippen LogP contribution in [0.2, 0.25) is 0 Å². The van der Waals surface area contributed by atoms with Gasteiger partial charge < -0.3 is 0 Å². The average Bonchev–Trinajstić information content (AvgIpc) is 2.70. The van der Waals surface area contributed by atoms with Crippen molar-refractivity contribution in [2.24, 2.45) is 0 Å². The summed E-state index contributed by atoms with van der Waals surface area (Å²) in [4.78, 5) is 20.2. The Morgan fingerprint density at radius 2 is 2.17 bits per heavy atom. The van der Waals surface area contributed by atoms with Crippen molar-refractivity contribution in [2.45, 2.75) is 50.7 Å². The molecule has 0 spiro atoms. The minimum Gasteiger partial charge on any atom is -0.283 e. The zero-order chi connectivity index (χ0) is 16.4. The Balaban J connectivity index is 2.21. The molecule has 0 saturated heterocycles. The van der Waals surface area contributed by atoms with Gasteiger partial charge in [-0.25, -0.2) is 4.98 Å². The van der Waals surface area contributed by atoms with Crippen LogP contribution in [0.3, 0.4) is 0 Å². The largest absolute Gasteiger partial charge is 0.283 e. The average molecular weight is 347 g/mol. The van der Waals surface area contributed by atoms with Crippen LogP contribution in [0.15, 0.2) is 34.8 Å². The van der Waals surface area contributed by atoms with E-state index in [1.54, 1.807) is 27.7 Å². The van der Waals surface area contributed by atoms with Gasteiger partial charge in [0.2, 0.25) is 0 Å². The minimum atomic E-state index is 0.101. The molecule has 0 amide bonds. The first-order chi connectivity index (χ1) is 11.1. The van der Waals surface area contributed by atoms with Crippen LogP contribution in [0.4, 0.5) is 0 Å². The number of thiophene rings is 1. The van der Waals surface area contributed by atoms with Crippen molar-refractivity contribution in [1.29, 1.82) is 0 Å². The fourth-order valence-electron chi connectivity index (χ4n) is 3.05. The summed E-state index contributed by atoms with van der Waals surface area (Å²) < 4.78 is 1.79. The van der Waals surface area contributed by atoms with E-state index in [2.05, 4.69) is 13.2 Å². The number of aryl methyl sites for hydroxylation is 2. The van der Waals surface area contributed by atoms with Gasteiger partial charge in [-0.3, -0.25) is 9.36 Å². The van der Waals surface area contributed by atoms with Gasteiger partial charge in [0.1, 0.15) is 4.83 Å². The molecule has 0 bridgehead atoms. The number of fused-ring (bicyclic) bond motifs is 3. The van der Waals surface area contributed by atoms with Crippen LogP contribution in [-0.2, 0) is 19.4 Å². The highest BCUT2D eigenvalue weighted by Crippen LogP contribution is 2.34. The molecule has 0 atom stereocenters. The lowest BCUT2D eigenvalue weighted by Gasteiger charge is -2.11. The molecule has 23 heavy (non-hydrogen) atoms. The maximum atomic E-state index is 13.1. The standard InChI is InChI=1S/C18H22N2OS2/c1-4-10-22-18-19-16-15(17(21)20(18)11-12(2)3)13-8-6-5-7-9-14(13)23-16/h4H,1-2,5-11H2,3H3. The molecule has 0 aromatic carbocycles. The highest BCUT2D eigenvalue weighted by Gasteiger charge is 2.21. The van der Waals surface area contributed by atoms with Crippen LogP contribution in [0.25, 0.3) is 10.2 Å². The quantitative estimate of drug-likeness (QED) is 0.344. The van der Waals surface area contributed by atoms with E-state index >= 15 is 0 Å². The van der Waals surface area contributed by atoms with E-state index in [4.69, 9.17) is 4.98 Å². The highest BCUT2D eigenvalue weighted by atomic mass is 32.2. The normalized spacial score (nSPS) is 14.5. The lowest BCUT2D eigenvalue weighted by Crippen LogP contribution is -2.24. The molecular weight excluding hydrogens is 324 g/mol. The molecule has 1 aliphatic carbocycles. The van der Waals surface area contributed by atoms with Crippen molar-refractivity contribution in [3.8, 4) is 0 Å². The first-order valence-corrected chi connectivity index (χ1v) is 9.85. The maximum Gasteiger partial charge on any atom is 0.263 e. The zero-order valence-corrected chi connectivity index (χ0v) is 15.2. The maximum absolute atomic E-state index is 13.1. The molecule has 0 radical (unpaired) electrons. The number of thioether (sulfide) groups is 1. The number of hydrogen-bond donors (Lipinski definition) is 0. The first kappa shape index (κ1) is 16.5. The molecular formula is C18H22N2OS2. The van der Waals surface area contributed by atoms with E-state index < -0.39 is 0 Å². The number of aromatic nitrogens is 2. The lowest BCUT2D eigenvalue weighted by atomic mass is 10.1. The fourth-order valence-corrected chi connectivity index (χ4v) is 5.09. The highest BCUT2D eigenvalue weighted by molar-refractivity contribution is 7.99. The summed E-state index contributed by atoms with van der Waals surface area (Å²) in [5.74, 6) is 0.749. The summed E-state index contributed by atoms with van der Waals surface area (Å²) in [6.07, 6.45) is 7.59. The number of hydrogen-bond acceptors (Lipinski definition) is 4. The van der Waals surface area contributed by atoms with Crippen molar-refractivity contribution in [1.82, 2.24) is 9.55 Å². The van der Waals surface area contributed by atoms with E-state index in [0.29, 0.717) is 6.54 Å². The van der Waals surface area contributed by atoms with Crippen LogP contribution < -0.4 is 5.56 Å². The first-order valence-electron chi connectivity index (χ1n) is 8.05. The van der Waals surface area contributed by atoms with Crippen LogP contribution in [-0.4, -0.2) is 15.3 Å². The summed E-state index contributed by atoms with van der Waals surface area (Å²) in [5.41, 5.74) is 2.33. The molecule has 0 fully saturated rings. The predicted molar refractivity (Wildman–Crippen MR) is 101 cm³/mol. The Morgan fingerprint density at radius 3 is 2.91 bits per heavy atom. The zero-order valence-electron chi connectivity index (χ0n) is 13.6. The topological polar surface area (TPSA) is 34.9 Å². The van der Waals surface area contributed by atoms with E-state index in [0.717, 1.165) is 39.5 Å². The second-order valence-electron chi connectivity index (χ2n) is 6.09. The van der Waals surface area contributed by atoms with E-state index in [9.17, 15) is 4.79 Å². The van der Waals surface area contributed by atoms with E-state index in [1.807, 2.05) is 13.0 Å². The minimum absolute atomic E-state index is 0.101. The molecule has 1 aliphatic rings. The van der Waals surface area contributed by atoms with Crippen molar-refractivity contribution in [3.63, 3.8) is 0 Å². The van der Waals surface area contributed by atoms with Gasteiger partial charge in [-0.2, -0.15) is 0 Å². The SMILES string of the molecule is C=CCSc1nc2sc3c(c2c(=O)n1CC(=C)C)CCCCC3. The third kappa shape index (κ3) is 3.31. The Kier molecular flexibility index (Phi) is 5.07. The summed E-state index contributed by atoms with van der Waals surface area (Å²) in [6, 6.07) is 0. The van der Waals surface area contributed by atoms with Crippen molar-refractivity contribution in [2.75, 3.05) is 5.75 Å². The Labute approximate surface area is 145 Å². The third-order valence-electron chi connectivity index (χ3n) is 4.05. The molecule has 0 unspecified atom stereocenters. The van der Waals surface area contributed by atoms with Gasteiger partial charge in [0.25, 0.3) is 5.56 Å². The van der Waals surface area contributed by atoms with Crippen LogP contribution >= 0.6 is 23.1 Å². The van der Waals surface area contributed by atoms with Gasteiger partial charge in [0, 0.05) is 17.2 Å².